The van der Waals surface area contributed by atoms with E-state index in [9.17, 15) is 18.0 Å². The van der Waals surface area contributed by atoms with Crippen molar-refractivity contribution in [3.63, 3.8) is 0 Å². The molecule has 7 nitrogen and oxygen atoms in total. The van der Waals surface area contributed by atoms with Crippen molar-refractivity contribution >= 4 is 45.0 Å². The molecule has 1 atom stereocenters. The summed E-state index contributed by atoms with van der Waals surface area (Å²) in [6.45, 7) is 5.32. The van der Waals surface area contributed by atoms with E-state index >= 15 is 0 Å². The smallest absolute Gasteiger partial charge is 0.243 e. The van der Waals surface area contributed by atoms with Crippen molar-refractivity contribution in [3.8, 4) is 0 Å². The van der Waals surface area contributed by atoms with E-state index in [1.807, 2.05) is 6.92 Å². The largest absolute Gasteiger partial charge is 0.355 e. The summed E-state index contributed by atoms with van der Waals surface area (Å²) < 4.78 is 26.9. The molecule has 0 aliphatic carbocycles. The van der Waals surface area contributed by atoms with Crippen LogP contribution in [-0.2, 0) is 26.2 Å². The number of hydrogen-bond acceptors (Lipinski definition) is 4. The Labute approximate surface area is 205 Å². The van der Waals surface area contributed by atoms with Gasteiger partial charge in [-0.1, -0.05) is 53.9 Å². The molecule has 0 aliphatic heterocycles. The Morgan fingerprint density at radius 1 is 1.03 bits per heavy atom. The van der Waals surface area contributed by atoms with Gasteiger partial charge in [0.15, 0.2) is 0 Å². The minimum atomic E-state index is -3.90. The quantitative estimate of drug-likeness (QED) is 0.522. The van der Waals surface area contributed by atoms with Gasteiger partial charge in [-0.2, -0.15) is 4.31 Å². The van der Waals surface area contributed by atoms with Gasteiger partial charge in [-0.05, 0) is 44.5 Å². The maximum atomic E-state index is 13.4. The second-order valence-corrected chi connectivity index (χ2v) is 10.5. The Hall–Kier alpha value is -2.13. The van der Waals surface area contributed by atoms with Crippen molar-refractivity contribution in [3.05, 3.63) is 63.6 Å². The van der Waals surface area contributed by atoms with Crippen LogP contribution in [0.25, 0.3) is 0 Å². The molecule has 1 N–H and O–H groups in total. The van der Waals surface area contributed by atoms with Crippen molar-refractivity contribution in [1.29, 1.82) is 0 Å². The second-order valence-electron chi connectivity index (χ2n) is 7.61. The molecule has 0 bridgehead atoms. The molecule has 2 amide bonds. The highest BCUT2D eigenvalue weighted by atomic mass is 35.5. The zero-order valence-electron chi connectivity index (χ0n) is 19.1. The third kappa shape index (κ3) is 6.69. The fourth-order valence-electron chi connectivity index (χ4n) is 3.32. The van der Waals surface area contributed by atoms with Gasteiger partial charge < -0.3 is 10.2 Å². The Balaban J connectivity index is 2.37. The number of nitrogens with one attached hydrogen (secondary N) is 1. The fourth-order valence-corrected chi connectivity index (χ4v) is 4.96. The van der Waals surface area contributed by atoms with E-state index in [-0.39, 0.29) is 17.3 Å². The lowest BCUT2D eigenvalue weighted by atomic mass is 10.1. The van der Waals surface area contributed by atoms with Crippen LogP contribution >= 0.6 is 23.2 Å². The zero-order chi connectivity index (χ0) is 24.8. The van der Waals surface area contributed by atoms with Crippen molar-refractivity contribution < 1.29 is 18.0 Å². The first kappa shape index (κ1) is 27.1. The molecule has 0 spiro atoms. The van der Waals surface area contributed by atoms with Crippen LogP contribution in [0.1, 0.15) is 31.4 Å². The van der Waals surface area contributed by atoms with E-state index in [0.29, 0.717) is 28.6 Å². The first-order chi connectivity index (χ1) is 15.5. The normalized spacial score (nSPS) is 12.5. The van der Waals surface area contributed by atoms with E-state index in [0.717, 1.165) is 9.87 Å². The van der Waals surface area contributed by atoms with Gasteiger partial charge in [-0.15, -0.1) is 0 Å². The van der Waals surface area contributed by atoms with Gasteiger partial charge in [0.25, 0.3) is 0 Å². The van der Waals surface area contributed by atoms with E-state index < -0.39 is 28.5 Å². The number of sulfonamides is 1. The molecule has 0 radical (unpaired) electrons. The standard InChI is InChI=1S/C23H29Cl2N3O4S/c1-5-21(23(30)26-6-2)28(14-18-19(24)8-7-9-20(18)25)22(29)15-27(4)33(31,32)17-12-10-16(3)11-13-17/h7-13,21H,5-6,14-15H2,1-4H3,(H,26,30)/t21-/m0/s1. The van der Waals surface area contributed by atoms with Crippen molar-refractivity contribution in [2.75, 3.05) is 20.1 Å². The van der Waals surface area contributed by atoms with Gasteiger partial charge in [0, 0.05) is 35.7 Å². The number of benzene rings is 2. The number of nitrogens with zero attached hydrogens (tertiary/aromatic N) is 2. The van der Waals surface area contributed by atoms with Crippen molar-refractivity contribution in [2.45, 2.75) is 44.7 Å². The highest BCUT2D eigenvalue weighted by Crippen LogP contribution is 2.27. The molecule has 0 aliphatic rings. The molecule has 10 heteroatoms. The minimum absolute atomic E-state index is 0.0363. The predicted molar refractivity (Wildman–Crippen MR) is 131 cm³/mol. The van der Waals surface area contributed by atoms with Gasteiger partial charge in [0.05, 0.1) is 11.4 Å². The molecule has 2 rings (SSSR count). The van der Waals surface area contributed by atoms with Crippen LogP contribution in [-0.4, -0.2) is 55.6 Å². The molecule has 33 heavy (non-hydrogen) atoms. The van der Waals surface area contributed by atoms with Crippen molar-refractivity contribution in [2.24, 2.45) is 0 Å². The van der Waals surface area contributed by atoms with E-state index in [4.69, 9.17) is 23.2 Å². The molecule has 0 heterocycles. The number of carbonyl (C=O) groups excluding carboxylic acids is 2. The number of amides is 2. The zero-order valence-corrected chi connectivity index (χ0v) is 21.5. The third-order valence-corrected chi connectivity index (χ3v) is 7.74. The fraction of sp³-hybridized carbons (Fsp3) is 0.391. The van der Waals surface area contributed by atoms with Gasteiger partial charge >= 0.3 is 0 Å². The van der Waals surface area contributed by atoms with Gasteiger partial charge in [-0.25, -0.2) is 8.42 Å². The lowest BCUT2D eigenvalue weighted by Crippen LogP contribution is -2.51. The summed E-state index contributed by atoms with van der Waals surface area (Å²) >= 11 is 12.6. The summed E-state index contributed by atoms with van der Waals surface area (Å²) in [6, 6.07) is 10.5. The summed E-state index contributed by atoms with van der Waals surface area (Å²) in [5.41, 5.74) is 1.41. The first-order valence-electron chi connectivity index (χ1n) is 10.6. The third-order valence-electron chi connectivity index (χ3n) is 5.21. The summed E-state index contributed by atoms with van der Waals surface area (Å²) in [4.78, 5) is 27.5. The van der Waals surface area contributed by atoms with Crippen LogP contribution in [0.15, 0.2) is 47.4 Å². The summed E-state index contributed by atoms with van der Waals surface area (Å²) in [7, 11) is -2.57. The Kier molecular flexibility index (Phi) is 9.72. The number of hydrogen-bond donors (Lipinski definition) is 1. The summed E-state index contributed by atoms with van der Waals surface area (Å²) in [5, 5.41) is 3.44. The van der Waals surface area contributed by atoms with Crippen LogP contribution in [0.4, 0.5) is 0 Å². The molecule has 0 fully saturated rings. The van der Waals surface area contributed by atoms with Gasteiger partial charge in [0.2, 0.25) is 21.8 Å². The Morgan fingerprint density at radius 2 is 1.61 bits per heavy atom. The molecule has 0 saturated heterocycles. The number of likely N-dealkylation sites (N-methyl/N-ethyl adjacent to an activating group) is 2. The highest BCUT2D eigenvalue weighted by molar-refractivity contribution is 7.89. The molecule has 2 aromatic rings. The molecular formula is C23H29Cl2N3O4S. The number of carbonyl (C=O) groups is 2. The molecule has 0 saturated carbocycles. The molecule has 0 aromatic heterocycles. The van der Waals surface area contributed by atoms with Crippen LogP contribution in [0.2, 0.25) is 10.0 Å². The van der Waals surface area contributed by atoms with Crippen LogP contribution < -0.4 is 5.32 Å². The molecule has 2 aromatic carbocycles. The molecular weight excluding hydrogens is 485 g/mol. The average molecular weight is 514 g/mol. The van der Waals surface area contributed by atoms with Gasteiger partial charge in [0.1, 0.15) is 6.04 Å². The number of rotatable bonds is 10. The van der Waals surface area contributed by atoms with Crippen LogP contribution in [0.5, 0.6) is 0 Å². The summed E-state index contributed by atoms with van der Waals surface area (Å²) in [6.07, 6.45) is 0.327. The summed E-state index contributed by atoms with van der Waals surface area (Å²) in [5.74, 6) is -0.872. The minimum Gasteiger partial charge on any atom is -0.355 e. The van der Waals surface area contributed by atoms with Gasteiger partial charge in [-0.3, -0.25) is 9.59 Å². The van der Waals surface area contributed by atoms with Crippen LogP contribution in [0.3, 0.4) is 0 Å². The van der Waals surface area contributed by atoms with E-state index in [1.54, 1.807) is 44.2 Å². The number of aryl methyl sites for hydroxylation is 1. The molecule has 0 unspecified atom stereocenters. The van der Waals surface area contributed by atoms with E-state index in [1.165, 1.54) is 24.1 Å². The SMILES string of the molecule is CCNC(=O)[C@H](CC)N(Cc1c(Cl)cccc1Cl)C(=O)CN(C)S(=O)(=O)c1ccc(C)cc1. The van der Waals surface area contributed by atoms with Crippen LogP contribution in [0, 0.1) is 6.92 Å². The highest BCUT2D eigenvalue weighted by Gasteiger charge is 2.32. The average Bonchev–Trinajstić information content (AvgIpc) is 2.76. The molecule has 180 valence electrons. The monoisotopic (exact) mass is 513 g/mol. The topological polar surface area (TPSA) is 86.8 Å². The maximum Gasteiger partial charge on any atom is 0.243 e. The van der Waals surface area contributed by atoms with Crippen molar-refractivity contribution in [1.82, 2.24) is 14.5 Å². The number of halogens is 2. The maximum absolute atomic E-state index is 13.4. The second kappa shape index (κ2) is 11.8. The lowest BCUT2D eigenvalue weighted by Gasteiger charge is -2.32. The van der Waals surface area contributed by atoms with E-state index in [2.05, 4.69) is 5.32 Å². The lowest BCUT2D eigenvalue weighted by molar-refractivity contribution is -0.141. The first-order valence-corrected chi connectivity index (χ1v) is 12.8. The predicted octanol–water partition coefficient (Wildman–Crippen LogP) is 3.87. The Bertz CT molecular complexity index is 1070. The Morgan fingerprint density at radius 3 is 2.12 bits per heavy atom.